The summed E-state index contributed by atoms with van der Waals surface area (Å²) < 4.78 is 35.7. The molecule has 0 atom stereocenters. The van der Waals surface area contributed by atoms with E-state index >= 15 is 0 Å². The first kappa shape index (κ1) is 6.29. The predicted molar refractivity (Wildman–Crippen MR) is 54.6 cm³/mol. The van der Waals surface area contributed by atoms with E-state index in [1.165, 1.54) is 12.1 Å². The van der Waals surface area contributed by atoms with Gasteiger partial charge in [-0.15, -0.1) is 0 Å². The Labute approximate surface area is 91.5 Å². The minimum Gasteiger partial charge on any atom is -0.302 e. The SMILES string of the molecule is [2H]C([2H])([2H])n1cnc2ccc(Br)c(F)c2c1=O. The fourth-order valence-corrected chi connectivity index (χ4v) is 1.47. The van der Waals surface area contributed by atoms with Crippen molar-refractivity contribution >= 4 is 26.8 Å². The molecule has 2 aromatic rings. The summed E-state index contributed by atoms with van der Waals surface area (Å²) in [5.74, 6) is -0.807. The number of nitrogens with zero attached hydrogens (tertiary/aromatic N) is 2. The fourth-order valence-electron chi connectivity index (χ4n) is 1.14. The van der Waals surface area contributed by atoms with Gasteiger partial charge in [0, 0.05) is 11.1 Å². The summed E-state index contributed by atoms with van der Waals surface area (Å²) in [6, 6.07) is 2.84. The molecule has 0 radical (unpaired) electrons. The molecule has 1 aromatic heterocycles. The molecule has 0 unspecified atom stereocenters. The van der Waals surface area contributed by atoms with Crippen LogP contribution in [0.3, 0.4) is 0 Å². The fraction of sp³-hybridized carbons (Fsp3) is 0.111. The molecule has 0 aliphatic rings. The Morgan fingerprint density at radius 3 is 3.14 bits per heavy atom. The second-order valence-corrected chi connectivity index (χ2v) is 3.53. The van der Waals surface area contributed by atoms with Crippen LogP contribution in [0, 0.1) is 5.82 Å². The molecule has 0 amide bonds. The van der Waals surface area contributed by atoms with E-state index in [0.29, 0.717) is 4.57 Å². The molecule has 3 nitrogen and oxygen atoms in total. The van der Waals surface area contributed by atoms with Crippen LogP contribution in [-0.2, 0) is 6.98 Å². The maximum Gasteiger partial charge on any atom is 0.263 e. The third kappa shape index (κ3) is 1.24. The zero-order valence-corrected chi connectivity index (χ0v) is 8.38. The van der Waals surface area contributed by atoms with Gasteiger partial charge in [0.1, 0.15) is 5.39 Å². The van der Waals surface area contributed by atoms with Crippen LogP contribution in [0.4, 0.5) is 4.39 Å². The van der Waals surface area contributed by atoms with Crippen molar-refractivity contribution in [1.82, 2.24) is 9.55 Å². The van der Waals surface area contributed by atoms with Gasteiger partial charge in [0.25, 0.3) is 5.56 Å². The van der Waals surface area contributed by atoms with Crippen LogP contribution in [0.1, 0.15) is 4.11 Å². The standard InChI is InChI=1S/C9H6BrFN2O/c1-13-4-12-6-3-2-5(10)8(11)7(6)9(13)14/h2-4H,1H3/i1D3. The Balaban J connectivity index is 2.93. The molecule has 0 aliphatic heterocycles. The minimum atomic E-state index is -2.67. The van der Waals surface area contributed by atoms with Crippen LogP contribution in [0.5, 0.6) is 0 Å². The molecule has 0 bridgehead atoms. The van der Waals surface area contributed by atoms with Crippen molar-refractivity contribution in [3.63, 3.8) is 0 Å². The second kappa shape index (κ2) is 3.16. The highest BCUT2D eigenvalue weighted by Crippen LogP contribution is 2.20. The first-order valence-electron chi connectivity index (χ1n) is 5.18. The van der Waals surface area contributed by atoms with Crippen molar-refractivity contribution in [2.24, 2.45) is 6.98 Å². The largest absolute Gasteiger partial charge is 0.302 e. The topological polar surface area (TPSA) is 34.9 Å². The molecule has 14 heavy (non-hydrogen) atoms. The van der Waals surface area contributed by atoms with Gasteiger partial charge < -0.3 is 4.57 Å². The van der Waals surface area contributed by atoms with Gasteiger partial charge in [-0.3, -0.25) is 4.79 Å². The van der Waals surface area contributed by atoms with Crippen molar-refractivity contribution < 1.29 is 8.50 Å². The lowest BCUT2D eigenvalue weighted by Gasteiger charge is -2.02. The second-order valence-electron chi connectivity index (χ2n) is 2.68. The molecule has 1 heterocycles. The quantitative estimate of drug-likeness (QED) is 0.724. The Morgan fingerprint density at radius 2 is 2.43 bits per heavy atom. The highest BCUT2D eigenvalue weighted by Gasteiger charge is 2.10. The van der Waals surface area contributed by atoms with Crippen LogP contribution < -0.4 is 5.56 Å². The van der Waals surface area contributed by atoms with Gasteiger partial charge in [-0.1, -0.05) is 0 Å². The van der Waals surface area contributed by atoms with E-state index in [9.17, 15) is 9.18 Å². The average Bonchev–Trinajstić information content (AvgIpc) is 2.22. The van der Waals surface area contributed by atoms with E-state index in [-0.39, 0.29) is 15.4 Å². The van der Waals surface area contributed by atoms with E-state index in [4.69, 9.17) is 4.11 Å². The Bertz CT molecular complexity index is 653. The molecular formula is C9H6BrFN2O. The molecule has 0 saturated carbocycles. The predicted octanol–water partition coefficient (Wildman–Crippen LogP) is 1.84. The van der Waals surface area contributed by atoms with Gasteiger partial charge in [0.2, 0.25) is 0 Å². The average molecular weight is 260 g/mol. The highest BCUT2D eigenvalue weighted by molar-refractivity contribution is 9.10. The summed E-state index contributed by atoms with van der Waals surface area (Å²) >= 11 is 2.93. The molecular weight excluding hydrogens is 251 g/mol. The summed E-state index contributed by atoms with van der Waals surface area (Å²) in [6.45, 7) is -2.67. The van der Waals surface area contributed by atoms with Crippen molar-refractivity contribution in [2.75, 3.05) is 0 Å². The van der Waals surface area contributed by atoms with E-state index in [2.05, 4.69) is 20.9 Å². The smallest absolute Gasteiger partial charge is 0.263 e. The number of rotatable bonds is 0. The van der Waals surface area contributed by atoms with Gasteiger partial charge >= 0.3 is 0 Å². The summed E-state index contributed by atoms with van der Waals surface area (Å²) in [5, 5.41) is -0.335. The highest BCUT2D eigenvalue weighted by atomic mass is 79.9. The first-order chi connectivity index (χ1) is 7.82. The number of hydrogen-bond donors (Lipinski definition) is 0. The number of benzene rings is 1. The number of hydrogen-bond acceptors (Lipinski definition) is 2. The normalized spacial score (nSPS) is 14.9. The van der Waals surface area contributed by atoms with Crippen LogP contribution in [0.15, 0.2) is 27.7 Å². The molecule has 0 aliphatic carbocycles. The number of aromatic nitrogens is 2. The molecule has 1 aromatic carbocycles. The van der Waals surface area contributed by atoms with Crippen molar-refractivity contribution in [1.29, 1.82) is 0 Å². The summed E-state index contributed by atoms with van der Waals surface area (Å²) in [6.07, 6.45) is 0.894. The third-order valence-corrected chi connectivity index (χ3v) is 2.43. The molecule has 5 heteroatoms. The summed E-state index contributed by atoms with van der Waals surface area (Å²) in [5.41, 5.74) is -0.801. The monoisotopic (exact) mass is 259 g/mol. The van der Waals surface area contributed by atoms with Gasteiger partial charge in [-0.2, -0.15) is 0 Å². The molecule has 0 N–H and O–H groups in total. The van der Waals surface area contributed by atoms with Crippen LogP contribution in [0.2, 0.25) is 0 Å². The Hall–Kier alpha value is -1.23. The summed E-state index contributed by atoms with van der Waals surface area (Å²) in [7, 11) is 0. The van der Waals surface area contributed by atoms with E-state index in [1.54, 1.807) is 0 Å². The van der Waals surface area contributed by atoms with Gasteiger partial charge in [0.05, 0.1) is 16.3 Å². The molecule has 0 fully saturated rings. The summed E-state index contributed by atoms with van der Waals surface area (Å²) in [4.78, 5) is 15.6. The first-order valence-corrected chi connectivity index (χ1v) is 4.47. The van der Waals surface area contributed by atoms with Crippen LogP contribution in [0.25, 0.3) is 10.9 Å². The molecule has 2 rings (SSSR count). The van der Waals surface area contributed by atoms with Gasteiger partial charge in [0.15, 0.2) is 5.82 Å². The van der Waals surface area contributed by atoms with E-state index in [0.717, 1.165) is 6.33 Å². The Morgan fingerprint density at radius 1 is 1.64 bits per heavy atom. The number of aryl methyl sites for hydroxylation is 1. The molecule has 0 spiro atoms. The van der Waals surface area contributed by atoms with Gasteiger partial charge in [-0.05, 0) is 28.1 Å². The van der Waals surface area contributed by atoms with Crippen molar-refractivity contribution in [3.05, 3.63) is 39.1 Å². The van der Waals surface area contributed by atoms with Crippen molar-refractivity contribution in [3.8, 4) is 0 Å². The van der Waals surface area contributed by atoms with Gasteiger partial charge in [-0.25, -0.2) is 9.37 Å². The van der Waals surface area contributed by atoms with Crippen LogP contribution >= 0.6 is 15.9 Å². The zero-order valence-electron chi connectivity index (χ0n) is 9.79. The van der Waals surface area contributed by atoms with E-state index in [1.807, 2.05) is 0 Å². The lowest BCUT2D eigenvalue weighted by Crippen LogP contribution is -2.18. The minimum absolute atomic E-state index is 0.0900. The molecule has 72 valence electrons. The lowest BCUT2D eigenvalue weighted by atomic mass is 10.2. The number of halogens is 2. The lowest BCUT2D eigenvalue weighted by molar-refractivity contribution is 0.629. The Kier molecular flexibility index (Phi) is 1.42. The molecule has 0 saturated heterocycles. The maximum atomic E-state index is 13.7. The third-order valence-electron chi connectivity index (χ3n) is 1.82. The van der Waals surface area contributed by atoms with Crippen molar-refractivity contribution in [2.45, 2.75) is 0 Å². The maximum absolute atomic E-state index is 13.7. The van der Waals surface area contributed by atoms with Crippen LogP contribution in [-0.4, -0.2) is 9.55 Å². The zero-order chi connectivity index (χ0) is 12.8. The number of fused-ring (bicyclic) bond motifs is 1. The van der Waals surface area contributed by atoms with E-state index < -0.39 is 18.4 Å².